The molecule has 1 fully saturated rings. The number of carbonyl (C=O) groups is 1. The first-order valence-corrected chi connectivity index (χ1v) is 12.1. The maximum Gasteiger partial charge on any atom is 0.236 e. The zero-order chi connectivity index (χ0) is 23.5. The van der Waals surface area contributed by atoms with Gasteiger partial charge in [0.25, 0.3) is 0 Å². The van der Waals surface area contributed by atoms with E-state index in [0.717, 1.165) is 33.5 Å². The fourth-order valence-electron chi connectivity index (χ4n) is 6.20. The summed E-state index contributed by atoms with van der Waals surface area (Å²) >= 11 is 0. The van der Waals surface area contributed by atoms with E-state index in [1.54, 1.807) is 0 Å². The van der Waals surface area contributed by atoms with Crippen LogP contribution < -0.4 is 5.32 Å². The lowest BCUT2D eigenvalue weighted by Gasteiger charge is -2.34. The van der Waals surface area contributed by atoms with Crippen molar-refractivity contribution in [1.82, 2.24) is 9.97 Å². The van der Waals surface area contributed by atoms with E-state index in [1.165, 1.54) is 18.5 Å². The first kappa shape index (κ1) is 21.0. The average Bonchev–Trinajstić information content (AvgIpc) is 3.17. The zero-order valence-electron chi connectivity index (χ0n) is 19.9. The van der Waals surface area contributed by atoms with Crippen LogP contribution in [-0.2, 0) is 10.2 Å². The van der Waals surface area contributed by atoms with E-state index in [2.05, 4.69) is 26.1 Å². The number of hydrogen-bond donors (Lipinski definition) is 1. The standard InChI is InChI=1S/C30H29N3O/c1-29(2)22-16-17-30(29,3)27-26(22)32-24-18-21(14-15-23(24)33-27)31-28(34)25(19-10-6-4-7-11-19)20-12-8-5-9-13-20/h4-15,18,22,25H,16-17H2,1-3H3,(H,31,34). The van der Waals surface area contributed by atoms with Crippen LogP contribution in [0.2, 0.25) is 0 Å². The predicted octanol–water partition coefficient (Wildman–Crippen LogP) is 6.58. The van der Waals surface area contributed by atoms with Crippen LogP contribution in [0.1, 0.15) is 68.0 Å². The molecule has 1 N–H and O–H groups in total. The largest absolute Gasteiger partial charge is 0.325 e. The second-order valence-electron chi connectivity index (χ2n) is 10.5. The van der Waals surface area contributed by atoms with Crippen molar-refractivity contribution in [3.63, 3.8) is 0 Å². The average molecular weight is 448 g/mol. The lowest BCUT2D eigenvalue weighted by Crippen LogP contribution is -2.31. The first-order valence-electron chi connectivity index (χ1n) is 12.1. The third-order valence-electron chi connectivity index (χ3n) is 8.57. The van der Waals surface area contributed by atoms with Crippen LogP contribution in [0.4, 0.5) is 5.69 Å². The van der Waals surface area contributed by atoms with Crippen molar-refractivity contribution < 1.29 is 4.79 Å². The molecule has 0 spiro atoms. The minimum Gasteiger partial charge on any atom is -0.325 e. The Balaban J connectivity index is 1.35. The van der Waals surface area contributed by atoms with Crippen molar-refractivity contribution in [2.45, 2.75) is 50.9 Å². The lowest BCUT2D eigenvalue weighted by molar-refractivity contribution is -0.116. The number of fused-ring (bicyclic) bond motifs is 6. The summed E-state index contributed by atoms with van der Waals surface area (Å²) in [7, 11) is 0. The Hall–Kier alpha value is -3.53. The number of aromatic nitrogens is 2. The van der Waals surface area contributed by atoms with Gasteiger partial charge in [0.15, 0.2) is 0 Å². The van der Waals surface area contributed by atoms with Gasteiger partial charge in [0, 0.05) is 17.0 Å². The van der Waals surface area contributed by atoms with Crippen LogP contribution in [0.5, 0.6) is 0 Å². The fourth-order valence-corrected chi connectivity index (χ4v) is 6.20. The molecule has 4 heteroatoms. The summed E-state index contributed by atoms with van der Waals surface area (Å²) in [6.07, 6.45) is 2.34. The van der Waals surface area contributed by atoms with Gasteiger partial charge in [-0.3, -0.25) is 4.79 Å². The molecule has 6 rings (SSSR count). The second-order valence-corrected chi connectivity index (χ2v) is 10.5. The molecule has 1 aromatic heterocycles. The quantitative estimate of drug-likeness (QED) is 0.385. The molecule has 3 aromatic carbocycles. The molecule has 4 nitrogen and oxygen atoms in total. The summed E-state index contributed by atoms with van der Waals surface area (Å²) in [6.45, 7) is 7.07. The Morgan fingerprint density at radius 3 is 2.18 bits per heavy atom. The highest BCUT2D eigenvalue weighted by Crippen LogP contribution is 2.66. The van der Waals surface area contributed by atoms with E-state index in [4.69, 9.17) is 9.97 Å². The summed E-state index contributed by atoms with van der Waals surface area (Å²) in [5.74, 6) is 0.00226. The van der Waals surface area contributed by atoms with Gasteiger partial charge < -0.3 is 5.32 Å². The summed E-state index contributed by atoms with van der Waals surface area (Å²) in [6, 6.07) is 25.7. The fraction of sp³-hybridized carbons (Fsp3) is 0.300. The highest BCUT2D eigenvalue weighted by Gasteiger charge is 2.61. The SMILES string of the molecule is CC12CCC(c3nc4cc(NC(=O)C(c5ccccc5)c5ccccc5)ccc4nc31)C2(C)C. The van der Waals surface area contributed by atoms with Crippen molar-refractivity contribution in [1.29, 1.82) is 0 Å². The molecule has 0 aliphatic heterocycles. The van der Waals surface area contributed by atoms with E-state index < -0.39 is 0 Å². The third-order valence-corrected chi connectivity index (χ3v) is 8.57. The van der Waals surface area contributed by atoms with Gasteiger partial charge in [0.2, 0.25) is 5.91 Å². The lowest BCUT2D eigenvalue weighted by atomic mass is 9.70. The number of carbonyl (C=O) groups excluding carboxylic acids is 1. The molecule has 34 heavy (non-hydrogen) atoms. The van der Waals surface area contributed by atoms with Crippen LogP contribution in [0.15, 0.2) is 78.9 Å². The molecule has 4 aromatic rings. The monoisotopic (exact) mass is 447 g/mol. The minimum atomic E-state index is -0.388. The van der Waals surface area contributed by atoms with E-state index in [0.29, 0.717) is 5.92 Å². The zero-order valence-corrected chi connectivity index (χ0v) is 19.9. The van der Waals surface area contributed by atoms with Gasteiger partial charge in [-0.2, -0.15) is 0 Å². The molecule has 2 unspecified atom stereocenters. The van der Waals surface area contributed by atoms with Crippen molar-refractivity contribution in [3.05, 3.63) is 101 Å². The van der Waals surface area contributed by atoms with Crippen molar-refractivity contribution in [2.24, 2.45) is 5.41 Å². The Bertz CT molecular complexity index is 1360. The smallest absolute Gasteiger partial charge is 0.236 e. The van der Waals surface area contributed by atoms with Crippen molar-refractivity contribution in [3.8, 4) is 0 Å². The summed E-state index contributed by atoms with van der Waals surface area (Å²) in [5.41, 5.74) is 7.00. The Morgan fingerprint density at radius 1 is 0.882 bits per heavy atom. The summed E-state index contributed by atoms with van der Waals surface area (Å²) in [5, 5.41) is 3.15. The van der Waals surface area contributed by atoms with Gasteiger partial charge in [0.1, 0.15) is 0 Å². The van der Waals surface area contributed by atoms with Gasteiger partial charge in [0.05, 0.1) is 28.3 Å². The minimum absolute atomic E-state index is 0.0569. The van der Waals surface area contributed by atoms with Crippen LogP contribution in [0, 0.1) is 5.41 Å². The molecule has 0 radical (unpaired) electrons. The second kappa shape index (κ2) is 7.49. The van der Waals surface area contributed by atoms with Crippen LogP contribution in [-0.4, -0.2) is 15.9 Å². The number of amides is 1. The molecule has 2 bridgehead atoms. The topological polar surface area (TPSA) is 54.9 Å². The van der Waals surface area contributed by atoms with Crippen molar-refractivity contribution >= 4 is 22.6 Å². The number of hydrogen-bond acceptors (Lipinski definition) is 3. The van der Waals surface area contributed by atoms with E-state index in [-0.39, 0.29) is 22.7 Å². The van der Waals surface area contributed by atoms with E-state index >= 15 is 0 Å². The molecular weight excluding hydrogens is 418 g/mol. The Labute approximate surface area is 200 Å². The molecule has 2 aliphatic carbocycles. The molecule has 2 aliphatic rings. The molecular formula is C30H29N3O. The van der Waals surface area contributed by atoms with Gasteiger partial charge in [-0.1, -0.05) is 81.4 Å². The van der Waals surface area contributed by atoms with Crippen LogP contribution in [0.3, 0.4) is 0 Å². The van der Waals surface area contributed by atoms with Crippen LogP contribution >= 0.6 is 0 Å². The van der Waals surface area contributed by atoms with Crippen molar-refractivity contribution in [2.75, 3.05) is 5.32 Å². The maximum atomic E-state index is 13.5. The summed E-state index contributed by atoms with van der Waals surface area (Å²) < 4.78 is 0. The number of rotatable bonds is 4. The Morgan fingerprint density at radius 2 is 1.53 bits per heavy atom. The number of benzene rings is 3. The molecule has 170 valence electrons. The predicted molar refractivity (Wildman–Crippen MR) is 136 cm³/mol. The first-order chi connectivity index (χ1) is 16.4. The number of nitrogens with zero attached hydrogens (tertiary/aromatic N) is 2. The normalized spacial score (nSPS) is 22.2. The van der Waals surface area contributed by atoms with Gasteiger partial charge >= 0.3 is 0 Å². The summed E-state index contributed by atoms with van der Waals surface area (Å²) in [4.78, 5) is 23.7. The van der Waals surface area contributed by atoms with Gasteiger partial charge in [-0.25, -0.2) is 9.97 Å². The maximum absolute atomic E-state index is 13.5. The molecule has 1 amide bonds. The molecule has 2 atom stereocenters. The van der Waals surface area contributed by atoms with Gasteiger partial charge in [-0.05, 0) is 47.6 Å². The highest BCUT2D eigenvalue weighted by atomic mass is 16.1. The third kappa shape index (κ3) is 3.01. The number of anilines is 1. The highest BCUT2D eigenvalue weighted by molar-refractivity contribution is 5.99. The van der Waals surface area contributed by atoms with Gasteiger partial charge in [-0.15, -0.1) is 0 Å². The van der Waals surface area contributed by atoms with E-state index in [1.807, 2.05) is 78.9 Å². The Kier molecular flexibility index (Phi) is 4.63. The molecule has 1 saturated carbocycles. The molecule has 1 heterocycles. The number of nitrogens with one attached hydrogen (secondary N) is 1. The van der Waals surface area contributed by atoms with E-state index in [9.17, 15) is 4.79 Å². The molecule has 0 saturated heterocycles. The van der Waals surface area contributed by atoms with Crippen LogP contribution in [0.25, 0.3) is 11.0 Å².